The van der Waals surface area contributed by atoms with Gasteiger partial charge in [0.05, 0.1) is 22.9 Å². The number of aromatic nitrogens is 4. The van der Waals surface area contributed by atoms with E-state index in [2.05, 4.69) is 20.6 Å². The summed E-state index contributed by atoms with van der Waals surface area (Å²) in [5, 5.41) is 12.4. The summed E-state index contributed by atoms with van der Waals surface area (Å²) in [5.41, 5.74) is 3.88. The van der Waals surface area contributed by atoms with E-state index in [0.29, 0.717) is 16.8 Å². The lowest BCUT2D eigenvalue weighted by Gasteiger charge is -2.34. The van der Waals surface area contributed by atoms with Crippen LogP contribution in [0.4, 0.5) is 11.4 Å². The lowest BCUT2D eigenvalue weighted by molar-refractivity contribution is -0.128. The molecule has 0 aliphatic heterocycles. The Hall–Kier alpha value is -4.79. The van der Waals surface area contributed by atoms with Crippen molar-refractivity contribution in [2.75, 3.05) is 23.9 Å². The van der Waals surface area contributed by atoms with Crippen LogP contribution in [0, 0.1) is 0 Å². The highest BCUT2D eigenvalue weighted by molar-refractivity contribution is 6.02. The molecule has 9 heteroatoms. The third-order valence-electron chi connectivity index (χ3n) is 6.56. The number of carbonyl (C=O) groups is 2. The Morgan fingerprint density at radius 1 is 0.900 bits per heavy atom. The van der Waals surface area contributed by atoms with Crippen LogP contribution in [-0.4, -0.2) is 51.4 Å². The predicted molar refractivity (Wildman–Crippen MR) is 158 cm³/mol. The molecule has 0 fully saturated rings. The van der Waals surface area contributed by atoms with Crippen LogP contribution in [-0.2, 0) is 16.1 Å². The molecule has 2 aromatic heterocycles. The smallest absolute Gasteiger partial charge is 0.249 e. The second kappa shape index (κ2) is 10.8. The first kappa shape index (κ1) is 26.8. The Morgan fingerprint density at radius 3 is 2.27 bits per heavy atom. The predicted octanol–water partition coefficient (Wildman–Crippen LogP) is 4.73. The van der Waals surface area contributed by atoms with Crippen LogP contribution in [0.15, 0.2) is 85.1 Å². The monoisotopic (exact) mass is 535 g/mol. The van der Waals surface area contributed by atoms with Gasteiger partial charge in [-0.25, -0.2) is 4.68 Å². The number of hydrogen-bond acceptors (Lipinski definition) is 6. The molecule has 9 nitrogen and oxygen atoms in total. The Balaban J connectivity index is 1.65. The quantitative estimate of drug-likeness (QED) is 0.324. The zero-order valence-electron chi connectivity index (χ0n) is 23.4. The van der Waals surface area contributed by atoms with Gasteiger partial charge < -0.3 is 10.2 Å². The van der Waals surface area contributed by atoms with E-state index in [1.54, 1.807) is 10.9 Å². The van der Waals surface area contributed by atoms with Gasteiger partial charge in [-0.05, 0) is 62.7 Å². The van der Waals surface area contributed by atoms with Gasteiger partial charge >= 0.3 is 0 Å². The summed E-state index contributed by atoms with van der Waals surface area (Å²) in [6, 6.07) is 23.8. The number of para-hydroxylation sites is 2. The number of hydrogen-bond donors (Lipinski definition) is 1. The van der Waals surface area contributed by atoms with E-state index in [1.165, 1.54) is 4.90 Å². The number of nitrogens with zero attached hydrogens (tertiary/aromatic N) is 6. The van der Waals surface area contributed by atoms with Crippen LogP contribution in [0.2, 0.25) is 0 Å². The number of anilines is 2. The van der Waals surface area contributed by atoms with Crippen LogP contribution >= 0.6 is 0 Å². The zero-order chi connectivity index (χ0) is 28.4. The van der Waals surface area contributed by atoms with Gasteiger partial charge in [0.25, 0.3) is 0 Å². The maximum absolute atomic E-state index is 14.3. The summed E-state index contributed by atoms with van der Waals surface area (Å²) in [6.07, 6.45) is 1.64. The SMILES string of the molecule is CN(C)c1ccc([C@@H](C(=O)NC(C)(C)C)N(C(=O)Cn2nnc3ccccc32)c2cnc3ccccc3c2)cc1. The fourth-order valence-electron chi connectivity index (χ4n) is 4.68. The van der Waals surface area contributed by atoms with E-state index in [-0.39, 0.29) is 18.4 Å². The minimum absolute atomic E-state index is 0.109. The Bertz CT molecular complexity index is 1670. The Kier molecular flexibility index (Phi) is 7.21. The molecule has 0 radical (unpaired) electrons. The molecule has 0 spiro atoms. The fourth-order valence-corrected chi connectivity index (χ4v) is 4.68. The molecule has 0 unspecified atom stereocenters. The zero-order valence-corrected chi connectivity index (χ0v) is 23.4. The van der Waals surface area contributed by atoms with Crippen molar-refractivity contribution in [1.29, 1.82) is 0 Å². The first-order valence-electron chi connectivity index (χ1n) is 13.1. The topological polar surface area (TPSA) is 96.2 Å². The molecule has 0 aliphatic rings. The molecule has 40 heavy (non-hydrogen) atoms. The molecule has 1 N–H and O–H groups in total. The number of amides is 2. The molecule has 5 rings (SSSR count). The second-order valence-electron chi connectivity index (χ2n) is 11.0. The Labute approximate surface area is 233 Å². The summed E-state index contributed by atoms with van der Waals surface area (Å²) >= 11 is 0. The van der Waals surface area contributed by atoms with Crippen molar-refractivity contribution in [2.24, 2.45) is 0 Å². The maximum atomic E-state index is 14.3. The molecule has 0 saturated carbocycles. The number of carbonyl (C=O) groups excluding carboxylic acids is 2. The average Bonchev–Trinajstić information content (AvgIpc) is 3.33. The number of fused-ring (bicyclic) bond motifs is 2. The lowest BCUT2D eigenvalue weighted by Crippen LogP contribution is -2.50. The van der Waals surface area contributed by atoms with E-state index >= 15 is 0 Å². The van der Waals surface area contributed by atoms with Crippen molar-refractivity contribution in [3.8, 4) is 0 Å². The molecule has 2 amide bonds. The average molecular weight is 536 g/mol. The van der Waals surface area contributed by atoms with Gasteiger partial charge in [0.2, 0.25) is 11.8 Å². The van der Waals surface area contributed by atoms with Crippen LogP contribution < -0.4 is 15.1 Å². The maximum Gasteiger partial charge on any atom is 0.249 e. The molecular formula is C31H33N7O2. The minimum atomic E-state index is -0.958. The summed E-state index contributed by atoms with van der Waals surface area (Å²) in [7, 11) is 3.91. The van der Waals surface area contributed by atoms with Crippen molar-refractivity contribution < 1.29 is 9.59 Å². The van der Waals surface area contributed by atoms with Crippen LogP contribution in [0.25, 0.3) is 21.9 Å². The van der Waals surface area contributed by atoms with Gasteiger partial charge in [-0.3, -0.25) is 19.5 Å². The summed E-state index contributed by atoms with van der Waals surface area (Å²) < 4.78 is 1.56. The summed E-state index contributed by atoms with van der Waals surface area (Å²) in [4.78, 5) is 36.4. The van der Waals surface area contributed by atoms with E-state index in [0.717, 1.165) is 22.1 Å². The van der Waals surface area contributed by atoms with Gasteiger partial charge in [0.1, 0.15) is 18.1 Å². The van der Waals surface area contributed by atoms with E-state index < -0.39 is 11.6 Å². The van der Waals surface area contributed by atoms with Gasteiger partial charge in [0.15, 0.2) is 0 Å². The number of rotatable bonds is 7. The molecule has 0 bridgehead atoms. The molecular weight excluding hydrogens is 502 g/mol. The second-order valence-corrected chi connectivity index (χ2v) is 11.0. The fraction of sp³-hybridized carbons (Fsp3) is 0.258. The van der Waals surface area contributed by atoms with E-state index in [4.69, 9.17) is 0 Å². The summed E-state index contributed by atoms with van der Waals surface area (Å²) in [5.74, 6) is -0.617. The third-order valence-corrected chi connectivity index (χ3v) is 6.56. The Morgan fingerprint density at radius 2 is 1.57 bits per heavy atom. The van der Waals surface area contributed by atoms with Crippen molar-refractivity contribution in [1.82, 2.24) is 25.3 Å². The van der Waals surface area contributed by atoms with Gasteiger partial charge in [-0.2, -0.15) is 0 Å². The first-order chi connectivity index (χ1) is 19.1. The number of pyridine rings is 1. The molecule has 204 valence electrons. The largest absolute Gasteiger partial charge is 0.378 e. The van der Waals surface area contributed by atoms with Crippen LogP contribution in [0.5, 0.6) is 0 Å². The summed E-state index contributed by atoms with van der Waals surface area (Å²) in [6.45, 7) is 5.65. The van der Waals surface area contributed by atoms with Crippen LogP contribution in [0.3, 0.4) is 0 Å². The van der Waals surface area contributed by atoms with Gasteiger partial charge in [-0.1, -0.05) is 47.7 Å². The highest BCUT2D eigenvalue weighted by Crippen LogP contribution is 2.31. The number of benzene rings is 3. The van der Waals surface area contributed by atoms with Gasteiger partial charge in [0, 0.05) is 30.7 Å². The molecule has 0 aliphatic carbocycles. The van der Waals surface area contributed by atoms with E-state index in [1.807, 2.05) is 119 Å². The first-order valence-corrected chi connectivity index (χ1v) is 13.1. The van der Waals surface area contributed by atoms with Crippen molar-refractivity contribution in [2.45, 2.75) is 38.9 Å². The lowest BCUT2D eigenvalue weighted by atomic mass is 10.00. The highest BCUT2D eigenvalue weighted by Gasteiger charge is 2.35. The van der Waals surface area contributed by atoms with Crippen molar-refractivity contribution in [3.05, 3.63) is 90.6 Å². The molecule has 2 heterocycles. The number of nitrogens with one attached hydrogen (secondary N) is 1. The normalized spacial score (nSPS) is 12.3. The molecule has 5 aromatic rings. The van der Waals surface area contributed by atoms with E-state index in [9.17, 15) is 9.59 Å². The van der Waals surface area contributed by atoms with Gasteiger partial charge in [-0.15, -0.1) is 5.10 Å². The third kappa shape index (κ3) is 5.63. The van der Waals surface area contributed by atoms with Crippen LogP contribution in [0.1, 0.15) is 32.4 Å². The minimum Gasteiger partial charge on any atom is -0.378 e. The molecule has 0 saturated heterocycles. The highest BCUT2D eigenvalue weighted by atomic mass is 16.2. The molecule has 3 aromatic carbocycles. The standard InChI is InChI=1S/C31H33N7O2/c1-31(2,3)33-30(40)29(21-14-16-23(17-15-21)36(4)5)38(24-18-22-10-6-7-11-25(22)32-19-24)28(39)20-37-27-13-9-8-12-26(27)34-35-37/h6-19,29H,20H2,1-5H3,(H,33,40)/t29-/m0/s1. The van der Waals surface area contributed by atoms with Crippen molar-refractivity contribution >= 4 is 45.1 Å². The van der Waals surface area contributed by atoms with Crippen molar-refractivity contribution in [3.63, 3.8) is 0 Å². The molecule has 1 atom stereocenters.